The van der Waals surface area contributed by atoms with E-state index in [2.05, 4.69) is 65.4 Å². The lowest BCUT2D eigenvalue weighted by Gasteiger charge is -2.54. The van der Waals surface area contributed by atoms with Crippen LogP contribution in [0.2, 0.25) is 0 Å². The number of allylic oxidation sites excluding steroid dienone is 1. The second-order valence-electron chi connectivity index (χ2n) is 12.8. The SMILES string of the molecule is C[C@]12CC=C3C=C4C=C[C@@H](N5CC[C@@H](N)C5)C[C@]45CCC3(O5)[C@@H]1CC[C@@H]2c1ccc2ccncc2c1. The zero-order chi connectivity index (χ0) is 24.1. The molecule has 0 amide bonds. The molecule has 1 saturated carbocycles. The van der Waals surface area contributed by atoms with Gasteiger partial charge in [0.2, 0.25) is 0 Å². The van der Waals surface area contributed by atoms with Gasteiger partial charge in [0.1, 0.15) is 0 Å². The Kier molecular flexibility index (Phi) is 4.48. The molecule has 3 fully saturated rings. The van der Waals surface area contributed by atoms with Crippen LogP contribution in [0.25, 0.3) is 10.8 Å². The highest BCUT2D eigenvalue weighted by Crippen LogP contribution is 2.69. The molecule has 4 heterocycles. The van der Waals surface area contributed by atoms with Crippen molar-refractivity contribution >= 4 is 10.8 Å². The Hall–Kier alpha value is -2.27. The summed E-state index contributed by atoms with van der Waals surface area (Å²) in [5.74, 6) is 1.14. The molecule has 3 aliphatic carbocycles. The molecule has 2 bridgehead atoms. The van der Waals surface area contributed by atoms with E-state index in [0.29, 0.717) is 23.9 Å². The second kappa shape index (κ2) is 7.40. The second-order valence-corrected chi connectivity index (χ2v) is 12.8. The van der Waals surface area contributed by atoms with Crippen LogP contribution in [-0.2, 0) is 4.74 Å². The van der Waals surface area contributed by atoms with E-state index in [1.807, 2.05) is 12.4 Å². The van der Waals surface area contributed by atoms with Crippen molar-refractivity contribution in [2.75, 3.05) is 13.1 Å². The maximum atomic E-state index is 7.47. The highest BCUT2D eigenvalue weighted by atomic mass is 16.5. The van der Waals surface area contributed by atoms with Crippen molar-refractivity contribution in [3.8, 4) is 0 Å². The molecule has 1 aromatic heterocycles. The van der Waals surface area contributed by atoms with Gasteiger partial charge in [-0.15, -0.1) is 0 Å². The van der Waals surface area contributed by atoms with Crippen molar-refractivity contribution < 1.29 is 4.74 Å². The monoisotopic (exact) mass is 479 g/mol. The minimum atomic E-state index is -0.117. The molecule has 2 aromatic rings. The number of ether oxygens (including phenoxy) is 1. The summed E-state index contributed by atoms with van der Waals surface area (Å²) in [7, 11) is 0. The fourth-order valence-corrected chi connectivity index (χ4v) is 9.28. The van der Waals surface area contributed by atoms with Gasteiger partial charge in [-0.3, -0.25) is 9.88 Å². The molecular weight excluding hydrogens is 442 g/mol. The summed E-state index contributed by atoms with van der Waals surface area (Å²) in [6.45, 7) is 4.70. The number of rotatable bonds is 2. The number of nitrogens with zero attached hydrogens (tertiary/aromatic N) is 2. The number of fused-ring (bicyclic) bond motifs is 2. The van der Waals surface area contributed by atoms with E-state index in [9.17, 15) is 0 Å². The van der Waals surface area contributed by atoms with Gasteiger partial charge in [0.25, 0.3) is 0 Å². The zero-order valence-electron chi connectivity index (χ0n) is 21.3. The van der Waals surface area contributed by atoms with Gasteiger partial charge in [-0.2, -0.15) is 0 Å². The Labute approximate surface area is 214 Å². The van der Waals surface area contributed by atoms with Crippen LogP contribution in [0.4, 0.5) is 0 Å². The average molecular weight is 480 g/mol. The van der Waals surface area contributed by atoms with Crippen molar-refractivity contribution in [1.29, 1.82) is 0 Å². The molecule has 3 aliphatic heterocycles. The maximum Gasteiger partial charge on any atom is 0.0975 e. The molecule has 8 rings (SSSR count). The van der Waals surface area contributed by atoms with Gasteiger partial charge in [0, 0.05) is 43.0 Å². The third kappa shape index (κ3) is 2.84. The first-order valence-electron chi connectivity index (χ1n) is 14.1. The van der Waals surface area contributed by atoms with Crippen LogP contribution in [0.15, 0.2) is 72.1 Å². The Morgan fingerprint density at radius 3 is 2.92 bits per heavy atom. The van der Waals surface area contributed by atoms with Crippen LogP contribution in [0, 0.1) is 11.3 Å². The fourth-order valence-electron chi connectivity index (χ4n) is 9.28. The summed E-state index contributed by atoms with van der Waals surface area (Å²) in [5, 5.41) is 2.54. The van der Waals surface area contributed by atoms with Gasteiger partial charge in [-0.1, -0.05) is 43.4 Å². The molecule has 2 spiro atoms. The minimum Gasteiger partial charge on any atom is -0.359 e. The number of pyridine rings is 1. The zero-order valence-corrected chi connectivity index (χ0v) is 21.3. The largest absolute Gasteiger partial charge is 0.359 e. The molecular formula is C32H37N3O. The van der Waals surface area contributed by atoms with Gasteiger partial charge >= 0.3 is 0 Å². The number of aromatic nitrogens is 1. The first kappa shape index (κ1) is 21.8. The third-order valence-corrected chi connectivity index (χ3v) is 11.1. The molecule has 7 atom stereocenters. The fraction of sp³-hybridized carbons (Fsp3) is 0.531. The Balaban J connectivity index is 1.15. The van der Waals surface area contributed by atoms with E-state index in [4.69, 9.17) is 10.5 Å². The van der Waals surface area contributed by atoms with Crippen molar-refractivity contribution in [3.63, 3.8) is 0 Å². The van der Waals surface area contributed by atoms with E-state index in [-0.39, 0.29) is 16.6 Å². The molecule has 1 aromatic carbocycles. The Morgan fingerprint density at radius 1 is 1.08 bits per heavy atom. The van der Waals surface area contributed by atoms with Crippen LogP contribution in [0.5, 0.6) is 0 Å². The molecule has 4 heteroatoms. The summed E-state index contributed by atoms with van der Waals surface area (Å²) in [5.41, 5.74) is 10.6. The van der Waals surface area contributed by atoms with Gasteiger partial charge in [-0.05, 0) is 96.4 Å². The molecule has 6 aliphatic rings. The maximum absolute atomic E-state index is 7.47. The Bertz CT molecular complexity index is 1340. The van der Waals surface area contributed by atoms with Gasteiger partial charge in [0.05, 0.1) is 11.2 Å². The molecule has 0 radical (unpaired) electrons. The summed E-state index contributed by atoms with van der Waals surface area (Å²) in [4.78, 5) is 6.98. The van der Waals surface area contributed by atoms with Crippen molar-refractivity contribution in [2.24, 2.45) is 17.1 Å². The van der Waals surface area contributed by atoms with E-state index in [1.165, 1.54) is 40.3 Å². The molecule has 1 unspecified atom stereocenters. The summed E-state index contributed by atoms with van der Waals surface area (Å²) >= 11 is 0. The van der Waals surface area contributed by atoms with Crippen LogP contribution in [-0.4, -0.2) is 46.3 Å². The Morgan fingerprint density at radius 2 is 2.03 bits per heavy atom. The number of nitrogens with two attached hydrogens (primary N) is 1. The first-order chi connectivity index (χ1) is 17.5. The van der Waals surface area contributed by atoms with Crippen LogP contribution >= 0.6 is 0 Å². The number of hydrogen-bond donors (Lipinski definition) is 1. The number of likely N-dealkylation sites (tertiary alicyclic amines) is 1. The smallest absolute Gasteiger partial charge is 0.0975 e. The first-order valence-corrected chi connectivity index (χ1v) is 14.1. The van der Waals surface area contributed by atoms with Gasteiger partial charge < -0.3 is 10.5 Å². The lowest BCUT2D eigenvalue weighted by Crippen LogP contribution is -2.54. The van der Waals surface area contributed by atoms with Crippen molar-refractivity contribution in [3.05, 3.63) is 77.7 Å². The summed E-state index contributed by atoms with van der Waals surface area (Å²) in [6, 6.07) is 9.97. The number of benzene rings is 1. The van der Waals surface area contributed by atoms with Crippen LogP contribution < -0.4 is 5.73 Å². The van der Waals surface area contributed by atoms with Crippen molar-refractivity contribution in [2.45, 2.75) is 81.1 Å². The molecule has 4 nitrogen and oxygen atoms in total. The predicted octanol–water partition coefficient (Wildman–Crippen LogP) is 5.65. The summed E-state index contributed by atoms with van der Waals surface area (Å²) < 4.78 is 7.47. The van der Waals surface area contributed by atoms with E-state index in [1.54, 1.807) is 0 Å². The van der Waals surface area contributed by atoms with Crippen LogP contribution in [0.3, 0.4) is 0 Å². The van der Waals surface area contributed by atoms with Crippen molar-refractivity contribution in [1.82, 2.24) is 9.88 Å². The lowest BCUT2D eigenvalue weighted by molar-refractivity contribution is -0.132. The topological polar surface area (TPSA) is 51.4 Å². The van der Waals surface area contributed by atoms with Crippen LogP contribution in [0.1, 0.15) is 63.4 Å². The quantitative estimate of drug-likeness (QED) is 0.604. The highest BCUT2D eigenvalue weighted by molar-refractivity contribution is 5.82. The minimum absolute atomic E-state index is 0.110. The van der Waals surface area contributed by atoms with E-state index >= 15 is 0 Å². The van der Waals surface area contributed by atoms with Gasteiger partial charge in [0.15, 0.2) is 0 Å². The molecule has 2 saturated heterocycles. The van der Waals surface area contributed by atoms with E-state index in [0.717, 1.165) is 45.2 Å². The molecule has 36 heavy (non-hydrogen) atoms. The summed E-state index contributed by atoms with van der Waals surface area (Å²) in [6.07, 6.45) is 22.0. The molecule has 186 valence electrons. The predicted molar refractivity (Wildman–Crippen MR) is 144 cm³/mol. The molecule has 2 N–H and O–H groups in total. The lowest BCUT2D eigenvalue weighted by atomic mass is 9.58. The normalized spacial score (nSPS) is 43.2. The third-order valence-electron chi connectivity index (χ3n) is 11.1. The highest BCUT2D eigenvalue weighted by Gasteiger charge is 2.66. The van der Waals surface area contributed by atoms with Gasteiger partial charge in [-0.25, -0.2) is 0 Å². The standard InChI is InChI=1S/C32H37N3O/c1-30-11-8-25-17-24-4-5-27(35-15-10-26(33)20-35)18-31(24)12-13-32(25,36-31)29(30)7-6-28(30)22-3-2-21-9-14-34-19-23(21)16-22/h2-5,8-9,14,16-17,19,26-29H,6-7,10-13,15,18,20,33H2,1H3/t26-,27-,28-,29-,30-,31-,32?/m1/s1. The number of hydrogen-bond acceptors (Lipinski definition) is 4. The average Bonchev–Trinajstić information content (AvgIpc) is 3.57. The van der Waals surface area contributed by atoms with E-state index < -0.39 is 0 Å².